The minimum Gasteiger partial charge on any atom is -0.316 e. The van der Waals surface area contributed by atoms with Gasteiger partial charge in [-0.3, -0.25) is 0 Å². The Labute approximate surface area is 122 Å². The van der Waals surface area contributed by atoms with Gasteiger partial charge >= 0.3 is 6.18 Å². The summed E-state index contributed by atoms with van der Waals surface area (Å²) < 4.78 is 39.4. The van der Waals surface area contributed by atoms with E-state index in [0.717, 1.165) is 22.8 Å². The van der Waals surface area contributed by atoms with Crippen LogP contribution in [0.15, 0.2) is 36.4 Å². The van der Waals surface area contributed by atoms with Crippen LogP contribution < -0.4 is 5.32 Å². The first-order valence-electron chi connectivity index (χ1n) is 6.76. The summed E-state index contributed by atoms with van der Waals surface area (Å²) in [6, 6.07) is 9.35. The zero-order chi connectivity index (χ0) is 15.6. The van der Waals surface area contributed by atoms with Crippen LogP contribution in [0.2, 0.25) is 0 Å². The van der Waals surface area contributed by atoms with Crippen molar-refractivity contribution in [1.29, 1.82) is 0 Å². The topological polar surface area (TPSA) is 12.0 Å². The number of rotatable bonds is 3. The highest BCUT2D eigenvalue weighted by Gasteiger charge is 2.33. The van der Waals surface area contributed by atoms with Gasteiger partial charge in [-0.15, -0.1) is 0 Å². The van der Waals surface area contributed by atoms with E-state index in [0.29, 0.717) is 12.1 Å². The van der Waals surface area contributed by atoms with Crippen LogP contribution in [0.5, 0.6) is 0 Å². The summed E-state index contributed by atoms with van der Waals surface area (Å²) in [5.74, 6) is 0. The summed E-state index contributed by atoms with van der Waals surface area (Å²) in [5.41, 5.74) is 3.37. The molecule has 0 aliphatic rings. The third-order valence-corrected chi connectivity index (χ3v) is 3.59. The van der Waals surface area contributed by atoms with E-state index < -0.39 is 11.7 Å². The van der Waals surface area contributed by atoms with Gasteiger partial charge in [-0.2, -0.15) is 13.2 Å². The van der Waals surface area contributed by atoms with Crippen molar-refractivity contribution >= 4 is 0 Å². The monoisotopic (exact) mass is 293 g/mol. The molecule has 112 valence electrons. The molecular formula is C17H18F3N. The van der Waals surface area contributed by atoms with Crippen LogP contribution in [0.25, 0.3) is 11.1 Å². The summed E-state index contributed by atoms with van der Waals surface area (Å²) in [6.07, 6.45) is -4.35. The summed E-state index contributed by atoms with van der Waals surface area (Å²) in [5, 5.41) is 3.08. The first-order chi connectivity index (χ1) is 9.84. The van der Waals surface area contributed by atoms with Crippen LogP contribution >= 0.6 is 0 Å². The third kappa shape index (κ3) is 3.27. The lowest BCUT2D eigenvalue weighted by Gasteiger charge is -2.16. The lowest BCUT2D eigenvalue weighted by molar-refractivity contribution is -0.137. The molecular weight excluding hydrogens is 275 g/mol. The highest BCUT2D eigenvalue weighted by molar-refractivity contribution is 5.70. The van der Waals surface area contributed by atoms with Crippen molar-refractivity contribution in [3.05, 3.63) is 58.7 Å². The van der Waals surface area contributed by atoms with Crippen molar-refractivity contribution in [2.75, 3.05) is 7.05 Å². The standard InChI is InChI=1S/C17H18F3N/c1-11-8-13(9-12(2)15(11)10-21-3)14-6-4-5-7-16(14)17(18,19)20/h4-9,21H,10H2,1-3H3. The van der Waals surface area contributed by atoms with Crippen LogP contribution in [0.1, 0.15) is 22.3 Å². The molecule has 0 atom stereocenters. The Morgan fingerprint density at radius 2 is 1.57 bits per heavy atom. The highest BCUT2D eigenvalue weighted by Crippen LogP contribution is 2.37. The molecule has 2 aromatic rings. The fourth-order valence-corrected chi connectivity index (χ4v) is 2.59. The molecule has 21 heavy (non-hydrogen) atoms. The van der Waals surface area contributed by atoms with E-state index in [1.54, 1.807) is 6.07 Å². The Hall–Kier alpha value is -1.81. The van der Waals surface area contributed by atoms with E-state index in [1.807, 2.05) is 33.0 Å². The molecule has 0 aromatic heterocycles. The van der Waals surface area contributed by atoms with Crippen LogP contribution in [0.3, 0.4) is 0 Å². The largest absolute Gasteiger partial charge is 0.417 e. The zero-order valence-corrected chi connectivity index (χ0v) is 12.3. The molecule has 0 aliphatic heterocycles. The molecule has 0 aliphatic carbocycles. The number of hydrogen-bond acceptors (Lipinski definition) is 1. The lowest BCUT2D eigenvalue weighted by atomic mass is 9.93. The van der Waals surface area contributed by atoms with E-state index >= 15 is 0 Å². The van der Waals surface area contributed by atoms with Crippen LogP contribution in [0, 0.1) is 13.8 Å². The summed E-state index contributed by atoms with van der Waals surface area (Å²) >= 11 is 0. The second kappa shape index (κ2) is 5.90. The Morgan fingerprint density at radius 3 is 2.10 bits per heavy atom. The van der Waals surface area contributed by atoms with Crippen molar-refractivity contribution in [2.24, 2.45) is 0 Å². The molecule has 2 rings (SSSR count). The van der Waals surface area contributed by atoms with Crippen LogP contribution in [-0.4, -0.2) is 7.05 Å². The predicted molar refractivity (Wildman–Crippen MR) is 79.1 cm³/mol. The number of alkyl halides is 3. The zero-order valence-electron chi connectivity index (χ0n) is 12.3. The number of nitrogens with one attached hydrogen (secondary N) is 1. The Morgan fingerprint density at radius 1 is 1.00 bits per heavy atom. The molecule has 0 bridgehead atoms. The third-order valence-electron chi connectivity index (χ3n) is 3.59. The Bertz CT molecular complexity index is 622. The number of hydrogen-bond donors (Lipinski definition) is 1. The van der Waals surface area contributed by atoms with Crippen molar-refractivity contribution in [2.45, 2.75) is 26.6 Å². The molecule has 1 nitrogen and oxygen atoms in total. The van der Waals surface area contributed by atoms with E-state index in [4.69, 9.17) is 0 Å². The quantitative estimate of drug-likeness (QED) is 0.864. The van der Waals surface area contributed by atoms with Crippen LogP contribution in [-0.2, 0) is 12.7 Å². The van der Waals surface area contributed by atoms with Gasteiger partial charge in [-0.25, -0.2) is 0 Å². The average Bonchev–Trinajstić information content (AvgIpc) is 2.42. The maximum absolute atomic E-state index is 13.1. The molecule has 0 saturated heterocycles. The predicted octanol–water partition coefficient (Wildman–Crippen LogP) is 4.71. The minimum absolute atomic E-state index is 0.229. The molecule has 0 saturated carbocycles. The molecule has 0 radical (unpaired) electrons. The average molecular weight is 293 g/mol. The molecule has 0 unspecified atom stereocenters. The lowest BCUT2D eigenvalue weighted by Crippen LogP contribution is -2.09. The van der Waals surface area contributed by atoms with Gasteiger partial charge in [-0.1, -0.05) is 30.3 Å². The fraction of sp³-hybridized carbons (Fsp3) is 0.294. The minimum atomic E-state index is -4.35. The van der Waals surface area contributed by atoms with Gasteiger partial charge in [0.05, 0.1) is 5.56 Å². The van der Waals surface area contributed by atoms with Gasteiger partial charge in [0.2, 0.25) is 0 Å². The van der Waals surface area contributed by atoms with Crippen LogP contribution in [0.4, 0.5) is 13.2 Å². The normalized spacial score (nSPS) is 11.7. The molecule has 0 spiro atoms. The summed E-state index contributed by atoms with van der Waals surface area (Å²) in [6.45, 7) is 4.57. The first-order valence-corrected chi connectivity index (χ1v) is 6.76. The SMILES string of the molecule is CNCc1c(C)cc(-c2ccccc2C(F)(F)F)cc1C. The van der Waals surface area contributed by atoms with Gasteiger partial charge in [0.15, 0.2) is 0 Å². The summed E-state index contributed by atoms with van der Waals surface area (Å²) in [4.78, 5) is 0. The van der Waals surface area contributed by atoms with Crippen molar-refractivity contribution in [1.82, 2.24) is 5.32 Å². The fourth-order valence-electron chi connectivity index (χ4n) is 2.59. The van der Waals surface area contributed by atoms with E-state index in [9.17, 15) is 13.2 Å². The molecule has 0 amide bonds. The highest BCUT2D eigenvalue weighted by atomic mass is 19.4. The van der Waals surface area contributed by atoms with Gasteiger partial charge < -0.3 is 5.32 Å². The maximum Gasteiger partial charge on any atom is 0.417 e. The van der Waals surface area contributed by atoms with E-state index in [1.165, 1.54) is 12.1 Å². The summed E-state index contributed by atoms with van der Waals surface area (Å²) in [7, 11) is 1.85. The van der Waals surface area contributed by atoms with Gasteiger partial charge in [0.25, 0.3) is 0 Å². The van der Waals surface area contributed by atoms with Crippen molar-refractivity contribution in [3.8, 4) is 11.1 Å². The van der Waals surface area contributed by atoms with Gasteiger partial charge in [-0.05, 0) is 54.8 Å². The van der Waals surface area contributed by atoms with E-state index in [2.05, 4.69) is 5.32 Å². The second-order valence-corrected chi connectivity index (χ2v) is 5.16. The molecule has 0 fully saturated rings. The Balaban J connectivity index is 2.59. The smallest absolute Gasteiger partial charge is 0.316 e. The van der Waals surface area contributed by atoms with E-state index in [-0.39, 0.29) is 5.56 Å². The van der Waals surface area contributed by atoms with Crippen molar-refractivity contribution in [3.63, 3.8) is 0 Å². The number of halogens is 3. The van der Waals surface area contributed by atoms with Gasteiger partial charge in [0, 0.05) is 6.54 Å². The maximum atomic E-state index is 13.1. The first kappa shape index (κ1) is 15.6. The number of aryl methyl sites for hydroxylation is 2. The van der Waals surface area contributed by atoms with Gasteiger partial charge in [0.1, 0.15) is 0 Å². The second-order valence-electron chi connectivity index (χ2n) is 5.16. The molecule has 1 N–H and O–H groups in total. The Kier molecular flexibility index (Phi) is 4.37. The molecule has 2 aromatic carbocycles. The number of benzene rings is 2. The van der Waals surface area contributed by atoms with Crippen molar-refractivity contribution < 1.29 is 13.2 Å². The molecule has 4 heteroatoms. The molecule has 0 heterocycles.